The number of hydrogen-bond acceptors (Lipinski definition) is 6. The Balaban J connectivity index is 1.98. The summed E-state index contributed by atoms with van der Waals surface area (Å²) in [6.45, 7) is 0.0361. The molecular weight excluding hydrogens is 236 g/mol. The molecule has 1 heterocycles. The van der Waals surface area contributed by atoms with Crippen LogP contribution in [-0.2, 0) is 6.42 Å². The number of anilines is 2. The predicted octanol–water partition coefficient (Wildman–Crippen LogP) is 1.14. The lowest BCUT2D eigenvalue weighted by atomic mass is 10.1. The number of aromatic nitrogens is 2. The van der Waals surface area contributed by atoms with Crippen LogP contribution in [0.15, 0.2) is 30.3 Å². The van der Waals surface area contributed by atoms with Gasteiger partial charge in [0, 0.05) is 11.5 Å². The summed E-state index contributed by atoms with van der Waals surface area (Å²) in [5, 5.41) is 13.1. The molecular formula is C11H14N4OS. The quantitative estimate of drug-likeness (QED) is 0.741. The number of benzene rings is 1. The second-order valence-electron chi connectivity index (χ2n) is 3.67. The van der Waals surface area contributed by atoms with Gasteiger partial charge in [-0.1, -0.05) is 30.3 Å². The van der Waals surface area contributed by atoms with Crippen molar-refractivity contribution < 1.29 is 5.11 Å². The summed E-state index contributed by atoms with van der Waals surface area (Å²) in [6, 6.07) is 9.90. The van der Waals surface area contributed by atoms with Crippen LogP contribution in [-0.4, -0.2) is 27.1 Å². The van der Waals surface area contributed by atoms with Gasteiger partial charge in [-0.05, 0) is 12.0 Å². The molecule has 0 aliphatic carbocycles. The van der Waals surface area contributed by atoms with Crippen molar-refractivity contribution in [3.8, 4) is 0 Å². The van der Waals surface area contributed by atoms with Crippen molar-refractivity contribution in [2.24, 2.45) is 0 Å². The molecule has 2 rings (SSSR count). The SMILES string of the molecule is Nc1nsc(NC(CO)Cc2ccccc2)n1. The molecule has 0 radical (unpaired) electrons. The summed E-state index contributed by atoms with van der Waals surface area (Å²) >= 11 is 1.20. The predicted molar refractivity (Wildman–Crippen MR) is 69.0 cm³/mol. The average Bonchev–Trinajstić information content (AvgIpc) is 2.75. The van der Waals surface area contributed by atoms with Gasteiger partial charge in [-0.15, -0.1) is 0 Å². The molecule has 90 valence electrons. The minimum Gasteiger partial charge on any atom is -0.394 e. The van der Waals surface area contributed by atoms with Crippen LogP contribution >= 0.6 is 11.5 Å². The van der Waals surface area contributed by atoms with Crippen molar-refractivity contribution in [2.75, 3.05) is 17.7 Å². The fraction of sp³-hybridized carbons (Fsp3) is 0.273. The van der Waals surface area contributed by atoms with Gasteiger partial charge in [0.2, 0.25) is 11.1 Å². The van der Waals surface area contributed by atoms with E-state index in [4.69, 9.17) is 5.73 Å². The summed E-state index contributed by atoms with van der Waals surface area (Å²) in [7, 11) is 0. The smallest absolute Gasteiger partial charge is 0.233 e. The second kappa shape index (κ2) is 5.60. The Morgan fingerprint density at radius 1 is 1.35 bits per heavy atom. The van der Waals surface area contributed by atoms with Crippen LogP contribution in [0.2, 0.25) is 0 Å². The van der Waals surface area contributed by atoms with Crippen LogP contribution < -0.4 is 11.1 Å². The molecule has 1 unspecified atom stereocenters. The van der Waals surface area contributed by atoms with Gasteiger partial charge >= 0.3 is 0 Å². The Morgan fingerprint density at radius 3 is 2.71 bits per heavy atom. The molecule has 0 bridgehead atoms. The second-order valence-corrected chi connectivity index (χ2v) is 4.42. The van der Waals surface area contributed by atoms with Gasteiger partial charge in [-0.2, -0.15) is 9.36 Å². The number of aliphatic hydroxyl groups is 1. The Morgan fingerprint density at radius 2 is 2.12 bits per heavy atom. The number of nitrogens with zero attached hydrogens (tertiary/aromatic N) is 2. The molecule has 0 saturated heterocycles. The first-order valence-corrected chi connectivity index (χ1v) is 6.06. The zero-order valence-corrected chi connectivity index (χ0v) is 10.0. The van der Waals surface area contributed by atoms with E-state index in [0.29, 0.717) is 5.13 Å². The monoisotopic (exact) mass is 250 g/mol. The molecule has 0 fully saturated rings. The van der Waals surface area contributed by atoms with Gasteiger partial charge in [0.15, 0.2) is 0 Å². The van der Waals surface area contributed by atoms with Crippen LogP contribution in [0.5, 0.6) is 0 Å². The van der Waals surface area contributed by atoms with Crippen LogP contribution in [0.3, 0.4) is 0 Å². The van der Waals surface area contributed by atoms with Gasteiger partial charge in [-0.3, -0.25) is 0 Å². The van der Waals surface area contributed by atoms with Crippen LogP contribution in [0, 0.1) is 0 Å². The Kier molecular flexibility index (Phi) is 3.89. The van der Waals surface area contributed by atoms with E-state index in [9.17, 15) is 5.11 Å². The van der Waals surface area contributed by atoms with E-state index in [0.717, 1.165) is 12.0 Å². The standard InChI is InChI=1S/C11H14N4OS/c12-10-14-11(17-15-10)13-9(7-16)6-8-4-2-1-3-5-8/h1-5,9,16H,6-7H2,(H3,12,13,14,15). The Labute approximate surface area is 103 Å². The molecule has 0 aliphatic heterocycles. The molecule has 2 aromatic rings. The third-order valence-electron chi connectivity index (χ3n) is 2.31. The molecule has 5 nitrogen and oxygen atoms in total. The molecule has 1 aromatic carbocycles. The lowest BCUT2D eigenvalue weighted by Crippen LogP contribution is -2.26. The number of aliphatic hydroxyl groups excluding tert-OH is 1. The van der Waals surface area contributed by atoms with Gasteiger partial charge in [0.25, 0.3) is 0 Å². The van der Waals surface area contributed by atoms with Crippen molar-refractivity contribution in [3.05, 3.63) is 35.9 Å². The first-order chi connectivity index (χ1) is 8.28. The topological polar surface area (TPSA) is 84.1 Å². The van der Waals surface area contributed by atoms with Gasteiger partial charge in [0.1, 0.15) is 0 Å². The minimum atomic E-state index is -0.0789. The lowest BCUT2D eigenvalue weighted by Gasteiger charge is -2.14. The fourth-order valence-electron chi connectivity index (χ4n) is 1.53. The van der Waals surface area contributed by atoms with Crippen LogP contribution in [0.1, 0.15) is 5.56 Å². The number of nitrogens with one attached hydrogen (secondary N) is 1. The van der Waals surface area contributed by atoms with E-state index in [1.54, 1.807) is 0 Å². The maximum atomic E-state index is 9.32. The highest BCUT2D eigenvalue weighted by molar-refractivity contribution is 7.09. The molecule has 6 heteroatoms. The van der Waals surface area contributed by atoms with Crippen molar-refractivity contribution in [1.82, 2.24) is 9.36 Å². The molecule has 1 atom stereocenters. The molecule has 17 heavy (non-hydrogen) atoms. The molecule has 0 saturated carbocycles. The number of nitrogens with two attached hydrogens (primary N) is 1. The molecule has 0 aliphatic rings. The summed E-state index contributed by atoms with van der Waals surface area (Å²) in [6.07, 6.45) is 0.733. The minimum absolute atomic E-state index is 0.0361. The first-order valence-electron chi connectivity index (χ1n) is 5.28. The van der Waals surface area contributed by atoms with E-state index in [-0.39, 0.29) is 18.6 Å². The van der Waals surface area contributed by atoms with Crippen molar-refractivity contribution in [3.63, 3.8) is 0 Å². The van der Waals surface area contributed by atoms with Crippen LogP contribution in [0.25, 0.3) is 0 Å². The maximum absolute atomic E-state index is 9.32. The highest BCUT2D eigenvalue weighted by atomic mass is 32.1. The van der Waals surface area contributed by atoms with E-state index >= 15 is 0 Å². The summed E-state index contributed by atoms with van der Waals surface area (Å²) < 4.78 is 3.88. The average molecular weight is 250 g/mol. The molecule has 4 N–H and O–H groups in total. The zero-order chi connectivity index (χ0) is 12.1. The summed E-state index contributed by atoms with van der Waals surface area (Å²) in [5.41, 5.74) is 6.60. The van der Waals surface area contributed by atoms with Crippen molar-refractivity contribution >= 4 is 22.6 Å². The van der Waals surface area contributed by atoms with E-state index in [1.807, 2.05) is 30.3 Å². The third-order valence-corrected chi connectivity index (χ3v) is 2.98. The normalized spacial score (nSPS) is 12.3. The lowest BCUT2D eigenvalue weighted by molar-refractivity contribution is 0.273. The fourth-order valence-corrected chi connectivity index (χ4v) is 2.10. The largest absolute Gasteiger partial charge is 0.394 e. The van der Waals surface area contributed by atoms with E-state index in [2.05, 4.69) is 14.7 Å². The molecule has 1 aromatic heterocycles. The van der Waals surface area contributed by atoms with Gasteiger partial charge < -0.3 is 16.2 Å². The number of nitrogen functional groups attached to an aromatic ring is 1. The van der Waals surface area contributed by atoms with Gasteiger partial charge in [-0.25, -0.2) is 0 Å². The summed E-state index contributed by atoms with van der Waals surface area (Å²) in [4.78, 5) is 4.00. The highest BCUT2D eigenvalue weighted by Gasteiger charge is 2.10. The van der Waals surface area contributed by atoms with E-state index in [1.165, 1.54) is 11.5 Å². The van der Waals surface area contributed by atoms with Crippen molar-refractivity contribution in [2.45, 2.75) is 12.5 Å². The van der Waals surface area contributed by atoms with Crippen molar-refractivity contribution in [1.29, 1.82) is 0 Å². The van der Waals surface area contributed by atoms with Gasteiger partial charge in [0.05, 0.1) is 12.6 Å². The highest BCUT2D eigenvalue weighted by Crippen LogP contribution is 2.14. The Bertz CT molecular complexity index is 460. The molecule has 0 spiro atoms. The number of rotatable bonds is 5. The maximum Gasteiger partial charge on any atom is 0.233 e. The number of hydrogen-bond donors (Lipinski definition) is 3. The van der Waals surface area contributed by atoms with E-state index < -0.39 is 0 Å². The third kappa shape index (κ3) is 3.40. The molecule has 0 amide bonds. The van der Waals surface area contributed by atoms with Crippen LogP contribution in [0.4, 0.5) is 11.1 Å². The first kappa shape index (κ1) is 11.8. The Hall–Kier alpha value is -1.66. The zero-order valence-electron chi connectivity index (χ0n) is 9.21. The summed E-state index contributed by atoms with van der Waals surface area (Å²) in [5.74, 6) is 0.258.